The van der Waals surface area contributed by atoms with E-state index in [2.05, 4.69) is 15.5 Å². The van der Waals surface area contributed by atoms with E-state index in [0.29, 0.717) is 18.1 Å². The summed E-state index contributed by atoms with van der Waals surface area (Å²) >= 11 is 0. The number of carbonyl (C=O) groups is 1. The maximum atomic E-state index is 13.9. The Morgan fingerprint density at radius 2 is 2.15 bits per heavy atom. The third kappa shape index (κ3) is 6.07. The minimum atomic E-state index is -0.406. The van der Waals surface area contributed by atoms with E-state index in [1.807, 2.05) is 6.92 Å². The number of benzene rings is 1. The van der Waals surface area contributed by atoms with E-state index >= 15 is 0 Å². The van der Waals surface area contributed by atoms with Crippen LogP contribution < -0.4 is 15.4 Å². The van der Waals surface area contributed by atoms with Gasteiger partial charge in [-0.1, -0.05) is 6.07 Å². The molecule has 0 aromatic heterocycles. The average molecular weight is 379 g/mol. The van der Waals surface area contributed by atoms with Crippen LogP contribution in [-0.4, -0.2) is 56.4 Å². The number of likely N-dealkylation sites (tertiary alicyclic amines) is 1. The van der Waals surface area contributed by atoms with Crippen molar-refractivity contribution in [3.8, 4) is 5.75 Å². The molecule has 2 N–H and O–H groups in total. The Labute approximate surface area is 160 Å². The van der Waals surface area contributed by atoms with Crippen LogP contribution in [-0.2, 0) is 11.3 Å². The van der Waals surface area contributed by atoms with E-state index in [1.54, 1.807) is 12.1 Å². The van der Waals surface area contributed by atoms with Gasteiger partial charge in [-0.2, -0.15) is 0 Å². The standard InChI is InChI=1S/C20H30FN3O3/c1-2-27-19-4-3-15(11-18(19)21)12-22-20(25)23-17-5-8-24(9-6-17)13-16-7-10-26-14-16/h3-4,11,16-17H,2,5-10,12-14H2,1H3,(H2,22,23,25). The molecule has 2 aliphatic rings. The Morgan fingerprint density at radius 1 is 1.33 bits per heavy atom. The third-order valence-corrected chi connectivity index (χ3v) is 5.21. The highest BCUT2D eigenvalue weighted by Gasteiger charge is 2.24. The molecule has 0 bridgehead atoms. The lowest BCUT2D eigenvalue weighted by Crippen LogP contribution is -2.48. The van der Waals surface area contributed by atoms with Crippen molar-refractivity contribution >= 4 is 6.03 Å². The van der Waals surface area contributed by atoms with Crippen molar-refractivity contribution in [1.82, 2.24) is 15.5 Å². The molecule has 6 nitrogen and oxygen atoms in total. The molecular formula is C20H30FN3O3. The Bertz CT molecular complexity index is 614. The van der Waals surface area contributed by atoms with Gasteiger partial charge in [-0.3, -0.25) is 0 Å². The molecule has 150 valence electrons. The number of urea groups is 1. The summed E-state index contributed by atoms with van der Waals surface area (Å²) in [6.07, 6.45) is 3.07. The number of nitrogens with one attached hydrogen (secondary N) is 2. The van der Waals surface area contributed by atoms with Crippen molar-refractivity contribution in [2.45, 2.75) is 38.8 Å². The zero-order valence-electron chi connectivity index (χ0n) is 16.0. The molecular weight excluding hydrogens is 349 g/mol. The first-order valence-electron chi connectivity index (χ1n) is 9.89. The summed E-state index contributed by atoms with van der Waals surface area (Å²) in [4.78, 5) is 14.6. The van der Waals surface area contributed by atoms with E-state index in [0.717, 1.165) is 52.1 Å². The number of hydrogen-bond acceptors (Lipinski definition) is 4. The normalized spacial score (nSPS) is 21.2. The number of hydrogen-bond donors (Lipinski definition) is 2. The van der Waals surface area contributed by atoms with Crippen molar-refractivity contribution in [1.29, 1.82) is 0 Å². The maximum Gasteiger partial charge on any atom is 0.315 e. The van der Waals surface area contributed by atoms with Gasteiger partial charge < -0.3 is 25.0 Å². The van der Waals surface area contributed by atoms with Gasteiger partial charge in [0.15, 0.2) is 11.6 Å². The molecule has 0 spiro atoms. The van der Waals surface area contributed by atoms with Gasteiger partial charge >= 0.3 is 6.03 Å². The summed E-state index contributed by atoms with van der Waals surface area (Å²) in [5.41, 5.74) is 0.708. The molecule has 3 rings (SSSR count). The van der Waals surface area contributed by atoms with Gasteiger partial charge in [-0.05, 0) is 49.8 Å². The number of rotatable bonds is 7. The van der Waals surface area contributed by atoms with Gasteiger partial charge in [-0.15, -0.1) is 0 Å². The van der Waals surface area contributed by atoms with Gasteiger partial charge in [0.05, 0.1) is 13.2 Å². The van der Waals surface area contributed by atoms with Crippen molar-refractivity contribution in [2.24, 2.45) is 5.92 Å². The zero-order chi connectivity index (χ0) is 19.1. The maximum absolute atomic E-state index is 13.9. The van der Waals surface area contributed by atoms with Crippen LogP contribution >= 0.6 is 0 Å². The molecule has 27 heavy (non-hydrogen) atoms. The SMILES string of the molecule is CCOc1ccc(CNC(=O)NC2CCN(CC3CCOC3)CC2)cc1F. The minimum absolute atomic E-state index is 0.193. The molecule has 1 unspecified atom stereocenters. The molecule has 0 radical (unpaired) electrons. The van der Waals surface area contributed by atoms with Crippen molar-refractivity contribution in [2.75, 3.05) is 39.5 Å². The molecule has 2 amide bonds. The van der Waals surface area contributed by atoms with Crippen LogP contribution in [0.3, 0.4) is 0 Å². The van der Waals surface area contributed by atoms with Crippen LogP contribution in [0.4, 0.5) is 9.18 Å². The molecule has 2 aliphatic heterocycles. The lowest BCUT2D eigenvalue weighted by molar-refractivity contribution is 0.148. The van der Waals surface area contributed by atoms with Crippen LogP contribution in [0.5, 0.6) is 5.75 Å². The summed E-state index contributed by atoms with van der Waals surface area (Å²) in [6.45, 7) is 7.40. The second-order valence-electron chi connectivity index (χ2n) is 7.33. The lowest BCUT2D eigenvalue weighted by atomic mass is 10.0. The van der Waals surface area contributed by atoms with Crippen molar-refractivity contribution in [3.63, 3.8) is 0 Å². The summed E-state index contributed by atoms with van der Waals surface area (Å²) in [7, 11) is 0. The predicted octanol–water partition coefficient (Wildman–Crippen LogP) is 2.52. The highest BCUT2D eigenvalue weighted by molar-refractivity contribution is 5.74. The number of carbonyl (C=O) groups excluding carboxylic acids is 1. The monoisotopic (exact) mass is 379 g/mol. The first-order valence-corrected chi connectivity index (χ1v) is 9.89. The fourth-order valence-electron chi connectivity index (χ4n) is 3.70. The van der Waals surface area contributed by atoms with Gasteiger partial charge in [-0.25, -0.2) is 9.18 Å². The molecule has 2 saturated heterocycles. The first kappa shape index (κ1) is 19.9. The van der Waals surface area contributed by atoms with Gasteiger partial charge in [0.2, 0.25) is 0 Å². The van der Waals surface area contributed by atoms with Crippen LogP contribution in [0, 0.1) is 11.7 Å². The van der Waals surface area contributed by atoms with Crippen LogP contribution in [0.15, 0.2) is 18.2 Å². The lowest BCUT2D eigenvalue weighted by Gasteiger charge is -2.33. The molecule has 1 atom stereocenters. The zero-order valence-corrected chi connectivity index (χ0v) is 16.0. The Kier molecular flexibility index (Phi) is 7.29. The molecule has 2 heterocycles. The predicted molar refractivity (Wildman–Crippen MR) is 101 cm³/mol. The van der Waals surface area contributed by atoms with Crippen LogP contribution in [0.25, 0.3) is 0 Å². The highest BCUT2D eigenvalue weighted by atomic mass is 19.1. The van der Waals surface area contributed by atoms with E-state index in [4.69, 9.17) is 9.47 Å². The number of nitrogens with zero attached hydrogens (tertiary/aromatic N) is 1. The summed E-state index contributed by atoms with van der Waals surface area (Å²) in [6, 6.07) is 4.75. The Morgan fingerprint density at radius 3 is 2.81 bits per heavy atom. The number of halogens is 1. The smallest absolute Gasteiger partial charge is 0.315 e. The topological polar surface area (TPSA) is 62.8 Å². The molecule has 1 aromatic carbocycles. The quantitative estimate of drug-likeness (QED) is 0.764. The van der Waals surface area contributed by atoms with E-state index in [9.17, 15) is 9.18 Å². The Balaban J connectivity index is 1.35. The van der Waals surface area contributed by atoms with E-state index in [1.165, 1.54) is 6.07 Å². The van der Waals surface area contributed by atoms with Gasteiger partial charge in [0.25, 0.3) is 0 Å². The second kappa shape index (κ2) is 9.90. The van der Waals surface area contributed by atoms with Crippen molar-refractivity contribution in [3.05, 3.63) is 29.6 Å². The summed E-state index contributed by atoms with van der Waals surface area (Å²) in [5, 5.41) is 5.84. The fraction of sp³-hybridized carbons (Fsp3) is 0.650. The first-order chi connectivity index (χ1) is 13.1. The Hall–Kier alpha value is -1.86. The fourth-order valence-corrected chi connectivity index (χ4v) is 3.70. The molecule has 1 aromatic rings. The molecule has 2 fully saturated rings. The summed E-state index contributed by atoms with van der Waals surface area (Å²) < 4.78 is 24.5. The molecule has 0 saturated carbocycles. The average Bonchev–Trinajstić information content (AvgIpc) is 3.17. The number of amides is 2. The molecule has 0 aliphatic carbocycles. The second-order valence-corrected chi connectivity index (χ2v) is 7.33. The third-order valence-electron chi connectivity index (χ3n) is 5.21. The van der Waals surface area contributed by atoms with Gasteiger partial charge in [0.1, 0.15) is 0 Å². The minimum Gasteiger partial charge on any atom is -0.491 e. The number of ether oxygens (including phenoxy) is 2. The number of piperidine rings is 1. The van der Waals surface area contributed by atoms with Crippen LogP contribution in [0.2, 0.25) is 0 Å². The molecule has 7 heteroatoms. The van der Waals surface area contributed by atoms with E-state index < -0.39 is 5.82 Å². The largest absolute Gasteiger partial charge is 0.491 e. The highest BCUT2D eigenvalue weighted by Crippen LogP contribution is 2.19. The van der Waals surface area contributed by atoms with Gasteiger partial charge in [0, 0.05) is 38.8 Å². The summed E-state index contributed by atoms with van der Waals surface area (Å²) in [5.74, 6) is 0.491. The van der Waals surface area contributed by atoms with E-state index in [-0.39, 0.29) is 24.4 Å². The van der Waals surface area contributed by atoms with Crippen molar-refractivity contribution < 1.29 is 18.7 Å². The van der Waals surface area contributed by atoms with Crippen LogP contribution in [0.1, 0.15) is 31.7 Å².